The van der Waals surface area contributed by atoms with E-state index in [0.717, 1.165) is 31.6 Å². The molecule has 2 aliphatic rings. The van der Waals surface area contributed by atoms with Crippen LogP contribution in [0.5, 0.6) is 0 Å². The normalized spacial score (nSPS) is 21.7. The first-order valence-corrected chi connectivity index (χ1v) is 11.4. The van der Waals surface area contributed by atoms with Crippen molar-refractivity contribution in [2.75, 3.05) is 6.61 Å². The van der Waals surface area contributed by atoms with Crippen molar-refractivity contribution in [3.05, 3.63) is 23.4 Å². The van der Waals surface area contributed by atoms with Gasteiger partial charge in [-0.3, -0.25) is 0 Å². The smallest absolute Gasteiger partial charge is 0.164 e. The van der Waals surface area contributed by atoms with Gasteiger partial charge in [-0.05, 0) is 33.1 Å². The highest BCUT2D eigenvalue weighted by Gasteiger charge is 2.50. The summed E-state index contributed by atoms with van der Waals surface area (Å²) in [5, 5.41) is 0. The number of hydrogen-bond acceptors (Lipinski definition) is 2. The summed E-state index contributed by atoms with van der Waals surface area (Å²) in [7, 11) is 0. The summed E-state index contributed by atoms with van der Waals surface area (Å²) < 4.78 is 26.3. The van der Waals surface area contributed by atoms with Gasteiger partial charge in [-0.15, -0.1) is 0 Å². The molecule has 0 aromatic carbocycles. The molecule has 2 atom stereocenters. The minimum Gasteiger partial charge on any atom is -0.498 e. The average molecular weight is 381 g/mol. The molecule has 0 heterocycles. The zero-order valence-corrected chi connectivity index (χ0v) is 18.1. The van der Waals surface area contributed by atoms with Gasteiger partial charge >= 0.3 is 0 Å². The van der Waals surface area contributed by atoms with Gasteiger partial charge in [0.1, 0.15) is 17.1 Å². The molecule has 2 aliphatic carbocycles. The molecule has 0 aliphatic heterocycles. The van der Waals surface area contributed by atoms with Gasteiger partial charge in [0.05, 0.1) is 6.61 Å². The second-order valence-electron chi connectivity index (χ2n) is 8.95. The molecule has 0 spiro atoms. The fraction of sp³-hybridized carbons (Fsp3) is 0.833. The second-order valence-corrected chi connectivity index (χ2v) is 8.95. The molecule has 2 rings (SSSR count). The highest BCUT2D eigenvalue weighted by atomic mass is 19.1. The summed E-state index contributed by atoms with van der Waals surface area (Å²) in [5.41, 5.74) is -0.304. The van der Waals surface area contributed by atoms with Crippen LogP contribution in [0.1, 0.15) is 105 Å². The molecule has 27 heavy (non-hydrogen) atoms. The molecule has 0 aromatic heterocycles. The van der Waals surface area contributed by atoms with Crippen molar-refractivity contribution in [2.45, 2.75) is 110 Å². The fourth-order valence-corrected chi connectivity index (χ4v) is 3.70. The Hall–Kier alpha value is -0.990. The van der Waals surface area contributed by atoms with Crippen molar-refractivity contribution in [3.63, 3.8) is 0 Å². The van der Waals surface area contributed by atoms with Crippen molar-refractivity contribution < 1.29 is 13.9 Å². The van der Waals surface area contributed by atoms with E-state index in [9.17, 15) is 4.39 Å². The molecular weight excluding hydrogens is 339 g/mol. The van der Waals surface area contributed by atoms with Crippen LogP contribution in [-0.4, -0.2) is 12.2 Å². The Bertz CT molecular complexity index is 507. The Morgan fingerprint density at radius 1 is 0.926 bits per heavy atom. The highest BCUT2D eigenvalue weighted by Crippen LogP contribution is 2.54. The SMILES string of the molecule is CCCCCCCCCCCCOC1=CC(F)=C(OC(C)(C)CC)C2C[C@H]12. The van der Waals surface area contributed by atoms with Crippen LogP contribution in [0.4, 0.5) is 4.39 Å². The first-order valence-electron chi connectivity index (χ1n) is 11.4. The fourth-order valence-electron chi connectivity index (χ4n) is 3.70. The van der Waals surface area contributed by atoms with Crippen LogP contribution in [0.2, 0.25) is 0 Å². The third-order valence-electron chi connectivity index (χ3n) is 6.00. The Balaban J connectivity index is 1.59. The van der Waals surface area contributed by atoms with E-state index in [1.165, 1.54) is 57.8 Å². The first-order chi connectivity index (χ1) is 13.0. The standard InChI is InChI=1S/C24H41FO2/c1-5-7-8-9-10-11-12-13-14-15-16-26-22-18-21(25)23(20-17-19(20)22)27-24(3,4)6-2/h18-20H,5-17H2,1-4H3/t19-,20?/m0/s1. The van der Waals surface area contributed by atoms with Crippen molar-refractivity contribution in [3.8, 4) is 0 Å². The van der Waals surface area contributed by atoms with E-state index < -0.39 is 0 Å². The number of unbranched alkanes of at least 4 members (excludes halogenated alkanes) is 9. The predicted molar refractivity (Wildman–Crippen MR) is 111 cm³/mol. The van der Waals surface area contributed by atoms with Crippen LogP contribution in [0.15, 0.2) is 23.4 Å². The molecule has 0 amide bonds. The Kier molecular flexibility index (Phi) is 9.18. The number of halogens is 1. The average Bonchev–Trinajstić information content (AvgIpc) is 3.43. The summed E-state index contributed by atoms with van der Waals surface area (Å²) >= 11 is 0. The maximum atomic E-state index is 14.5. The lowest BCUT2D eigenvalue weighted by molar-refractivity contribution is 0.0166. The highest BCUT2D eigenvalue weighted by molar-refractivity contribution is 5.34. The quantitative estimate of drug-likeness (QED) is 0.269. The lowest BCUT2D eigenvalue weighted by atomic mass is 10.0. The van der Waals surface area contributed by atoms with Crippen LogP contribution >= 0.6 is 0 Å². The maximum Gasteiger partial charge on any atom is 0.164 e. The third kappa shape index (κ3) is 7.50. The third-order valence-corrected chi connectivity index (χ3v) is 6.00. The molecule has 0 aromatic rings. The van der Waals surface area contributed by atoms with E-state index >= 15 is 0 Å². The Labute approximate surface area is 166 Å². The zero-order valence-electron chi connectivity index (χ0n) is 18.1. The van der Waals surface area contributed by atoms with Gasteiger partial charge in [0, 0.05) is 17.9 Å². The lowest BCUT2D eigenvalue weighted by Gasteiger charge is -2.28. The van der Waals surface area contributed by atoms with Crippen LogP contribution < -0.4 is 0 Å². The minimum atomic E-state index is -0.304. The Morgan fingerprint density at radius 3 is 2.11 bits per heavy atom. The number of ether oxygens (including phenoxy) is 2. The van der Waals surface area contributed by atoms with Crippen LogP contribution in [0.3, 0.4) is 0 Å². The van der Waals surface area contributed by atoms with Gasteiger partial charge in [0.15, 0.2) is 5.83 Å². The van der Waals surface area contributed by atoms with E-state index in [0.29, 0.717) is 11.7 Å². The molecular formula is C24H41FO2. The van der Waals surface area contributed by atoms with Crippen molar-refractivity contribution in [1.82, 2.24) is 0 Å². The molecule has 156 valence electrons. The molecule has 1 fully saturated rings. The maximum absolute atomic E-state index is 14.5. The second kappa shape index (κ2) is 11.1. The summed E-state index contributed by atoms with van der Waals surface area (Å²) in [5.74, 6) is 1.71. The van der Waals surface area contributed by atoms with Gasteiger partial charge in [0.25, 0.3) is 0 Å². The van der Waals surface area contributed by atoms with Gasteiger partial charge in [0.2, 0.25) is 0 Å². The number of hydrogen-bond donors (Lipinski definition) is 0. The van der Waals surface area contributed by atoms with E-state index in [-0.39, 0.29) is 17.3 Å². The topological polar surface area (TPSA) is 18.5 Å². The number of rotatable bonds is 15. The van der Waals surface area contributed by atoms with Crippen molar-refractivity contribution in [2.24, 2.45) is 11.8 Å². The lowest BCUT2D eigenvalue weighted by Crippen LogP contribution is -2.24. The first kappa shape index (κ1) is 22.3. The van der Waals surface area contributed by atoms with Crippen LogP contribution in [0, 0.1) is 11.8 Å². The van der Waals surface area contributed by atoms with Gasteiger partial charge in [-0.2, -0.15) is 0 Å². The van der Waals surface area contributed by atoms with Crippen LogP contribution in [0.25, 0.3) is 0 Å². The van der Waals surface area contributed by atoms with Crippen molar-refractivity contribution in [1.29, 1.82) is 0 Å². The molecule has 2 nitrogen and oxygen atoms in total. The van der Waals surface area contributed by atoms with E-state index in [1.54, 1.807) is 6.08 Å². The van der Waals surface area contributed by atoms with E-state index in [2.05, 4.69) is 13.8 Å². The molecule has 1 unspecified atom stereocenters. The predicted octanol–water partition coefficient (Wildman–Crippen LogP) is 7.84. The number of fused-ring (bicyclic) bond motifs is 1. The monoisotopic (exact) mass is 380 g/mol. The summed E-state index contributed by atoms with van der Waals surface area (Å²) in [6.07, 6.45) is 16.6. The molecule has 1 saturated carbocycles. The summed E-state index contributed by atoms with van der Waals surface area (Å²) in [6, 6.07) is 0. The molecule has 0 radical (unpaired) electrons. The molecule has 3 heteroatoms. The number of allylic oxidation sites excluding steroid dienone is 4. The molecule has 0 N–H and O–H groups in total. The van der Waals surface area contributed by atoms with E-state index in [4.69, 9.17) is 9.47 Å². The Morgan fingerprint density at radius 2 is 1.52 bits per heavy atom. The van der Waals surface area contributed by atoms with E-state index in [1.807, 2.05) is 13.8 Å². The molecule has 0 saturated heterocycles. The minimum absolute atomic E-state index is 0.198. The van der Waals surface area contributed by atoms with Gasteiger partial charge < -0.3 is 9.47 Å². The van der Waals surface area contributed by atoms with Crippen molar-refractivity contribution >= 4 is 0 Å². The molecule has 0 bridgehead atoms. The van der Waals surface area contributed by atoms with Crippen LogP contribution in [-0.2, 0) is 9.47 Å². The van der Waals surface area contributed by atoms with Gasteiger partial charge in [-0.25, -0.2) is 4.39 Å². The summed E-state index contributed by atoms with van der Waals surface area (Å²) in [6.45, 7) is 9.09. The largest absolute Gasteiger partial charge is 0.498 e. The summed E-state index contributed by atoms with van der Waals surface area (Å²) in [4.78, 5) is 0. The zero-order chi connectivity index (χ0) is 19.7. The van der Waals surface area contributed by atoms with Gasteiger partial charge in [-0.1, -0.05) is 71.6 Å².